The number of nitrogens with one attached hydrogen (secondary N) is 3. The number of carbonyl (C=O) groups excluding carboxylic acids is 3. The maximum atomic E-state index is 12.6. The topological polar surface area (TPSA) is 115 Å². The maximum absolute atomic E-state index is 12.6. The highest BCUT2D eigenvalue weighted by atomic mass is 32.1. The van der Waals surface area contributed by atoms with E-state index in [2.05, 4.69) is 16.0 Å². The van der Waals surface area contributed by atoms with E-state index in [0.717, 1.165) is 36.1 Å². The molecule has 1 aromatic heterocycles. The molecule has 3 N–H and O–H groups in total. The number of anilines is 3. The second-order valence-corrected chi connectivity index (χ2v) is 8.25. The Morgan fingerprint density at radius 3 is 2.59 bits per heavy atom. The normalized spacial score (nSPS) is 12.4. The first kappa shape index (κ1) is 23.6. The molecule has 3 rings (SSSR count). The van der Waals surface area contributed by atoms with Crippen molar-refractivity contribution in [3.63, 3.8) is 0 Å². The van der Waals surface area contributed by atoms with Gasteiger partial charge in [0.25, 0.3) is 0 Å². The summed E-state index contributed by atoms with van der Waals surface area (Å²) in [6.45, 7) is 0.458. The number of fused-ring (bicyclic) bond motifs is 1. The lowest BCUT2D eigenvalue weighted by molar-refractivity contribution is -0.114. The molecule has 0 bridgehead atoms. The van der Waals surface area contributed by atoms with Gasteiger partial charge < -0.3 is 24.8 Å². The number of ether oxygens (including phenoxy) is 3. The Labute approximate surface area is 190 Å². The third-order valence-corrected chi connectivity index (χ3v) is 6.10. The Bertz CT molecular complexity index is 975. The molecule has 0 unspecified atom stereocenters. The van der Waals surface area contributed by atoms with Crippen LogP contribution in [0.5, 0.6) is 0 Å². The lowest BCUT2D eigenvalue weighted by atomic mass is 9.95. The van der Waals surface area contributed by atoms with Crippen LogP contribution in [0.25, 0.3) is 0 Å². The predicted molar refractivity (Wildman–Crippen MR) is 123 cm³/mol. The number of carbonyl (C=O) groups is 3. The average Bonchev–Trinajstić information content (AvgIpc) is 3.15. The van der Waals surface area contributed by atoms with Crippen LogP contribution in [0.2, 0.25) is 0 Å². The Kier molecular flexibility index (Phi) is 8.46. The van der Waals surface area contributed by atoms with Crippen LogP contribution >= 0.6 is 11.3 Å². The minimum atomic E-state index is -0.589. The first-order valence-electron chi connectivity index (χ1n) is 10.3. The van der Waals surface area contributed by atoms with Crippen molar-refractivity contribution >= 4 is 45.7 Å². The van der Waals surface area contributed by atoms with E-state index in [1.165, 1.54) is 25.6 Å². The van der Waals surface area contributed by atoms with E-state index in [1.807, 2.05) is 0 Å². The van der Waals surface area contributed by atoms with Gasteiger partial charge in [0.2, 0.25) is 5.91 Å². The average molecular weight is 462 g/mol. The van der Waals surface area contributed by atoms with Crippen LogP contribution in [-0.2, 0) is 31.8 Å². The summed E-state index contributed by atoms with van der Waals surface area (Å²) in [5.74, 6) is -0.713. The number of hydrogen-bond acceptors (Lipinski definition) is 8. The fraction of sp³-hybridized carbons (Fsp3) is 0.409. The number of amides is 2. The summed E-state index contributed by atoms with van der Waals surface area (Å²) in [7, 11) is 2.87. The number of benzene rings is 1. The number of rotatable bonds is 9. The van der Waals surface area contributed by atoms with Crippen LogP contribution in [0, 0.1) is 0 Å². The molecule has 32 heavy (non-hydrogen) atoms. The van der Waals surface area contributed by atoms with Crippen molar-refractivity contribution in [2.75, 3.05) is 49.9 Å². The van der Waals surface area contributed by atoms with Gasteiger partial charge in [-0.2, -0.15) is 0 Å². The molecule has 1 heterocycles. The number of aryl methyl sites for hydroxylation is 1. The molecule has 0 atom stereocenters. The highest BCUT2D eigenvalue weighted by molar-refractivity contribution is 7.17. The van der Waals surface area contributed by atoms with Crippen LogP contribution in [0.1, 0.15) is 33.6 Å². The highest BCUT2D eigenvalue weighted by Crippen LogP contribution is 2.38. The van der Waals surface area contributed by atoms with Crippen molar-refractivity contribution in [3.05, 3.63) is 40.3 Å². The molecular weight excluding hydrogens is 434 g/mol. The smallest absolute Gasteiger partial charge is 0.411 e. The molecule has 2 amide bonds. The fourth-order valence-electron chi connectivity index (χ4n) is 3.40. The van der Waals surface area contributed by atoms with Crippen molar-refractivity contribution < 1.29 is 28.6 Å². The highest BCUT2D eigenvalue weighted by Gasteiger charge is 2.26. The Morgan fingerprint density at radius 1 is 1.03 bits per heavy atom. The Balaban J connectivity index is 1.58. The van der Waals surface area contributed by atoms with Gasteiger partial charge in [0.1, 0.15) is 11.6 Å². The molecule has 0 saturated carbocycles. The summed E-state index contributed by atoms with van der Waals surface area (Å²) in [6.07, 6.45) is 3.23. The van der Waals surface area contributed by atoms with E-state index < -0.39 is 12.1 Å². The second-order valence-electron chi connectivity index (χ2n) is 7.14. The van der Waals surface area contributed by atoms with Gasteiger partial charge in [0, 0.05) is 23.4 Å². The Hall–Kier alpha value is -3.11. The van der Waals surface area contributed by atoms with E-state index in [9.17, 15) is 14.4 Å². The first-order chi connectivity index (χ1) is 15.5. The zero-order valence-electron chi connectivity index (χ0n) is 18.1. The lowest BCUT2D eigenvalue weighted by Crippen LogP contribution is -2.22. The minimum absolute atomic E-state index is 0.00901. The summed E-state index contributed by atoms with van der Waals surface area (Å²) in [4.78, 5) is 37.7. The van der Waals surface area contributed by atoms with E-state index in [0.29, 0.717) is 28.5 Å². The Morgan fingerprint density at radius 2 is 1.81 bits per heavy atom. The van der Waals surface area contributed by atoms with Gasteiger partial charge in [0.05, 0.1) is 25.8 Å². The monoisotopic (exact) mass is 461 g/mol. The van der Waals surface area contributed by atoms with E-state index in [4.69, 9.17) is 14.2 Å². The molecule has 0 spiro atoms. The van der Waals surface area contributed by atoms with Crippen molar-refractivity contribution in [3.8, 4) is 0 Å². The van der Waals surface area contributed by atoms with Crippen molar-refractivity contribution in [1.29, 1.82) is 0 Å². The molecule has 2 aromatic rings. The van der Waals surface area contributed by atoms with Crippen LogP contribution < -0.4 is 16.0 Å². The lowest BCUT2D eigenvalue weighted by Gasteiger charge is -2.12. The van der Waals surface area contributed by atoms with Crippen molar-refractivity contribution in [1.82, 2.24) is 0 Å². The molecule has 1 aromatic carbocycles. The zero-order chi connectivity index (χ0) is 22.9. The van der Waals surface area contributed by atoms with Crippen LogP contribution in [0.4, 0.5) is 21.2 Å². The third-order valence-electron chi connectivity index (χ3n) is 4.90. The van der Waals surface area contributed by atoms with Gasteiger partial charge in [-0.25, -0.2) is 9.59 Å². The van der Waals surface area contributed by atoms with Crippen LogP contribution in [-0.4, -0.2) is 51.9 Å². The second kappa shape index (κ2) is 11.5. The van der Waals surface area contributed by atoms with Gasteiger partial charge in [-0.05, 0) is 49.4 Å². The van der Waals surface area contributed by atoms with E-state index in [-0.39, 0.29) is 19.1 Å². The molecule has 9 nitrogen and oxygen atoms in total. The van der Waals surface area contributed by atoms with Gasteiger partial charge in [0.15, 0.2) is 0 Å². The number of esters is 1. The SMILES string of the molecule is COCCOC(=O)Nc1cccc(NCC(=O)Nc2sc3c(c2C(=O)OC)CCCC3)c1. The fourth-order valence-corrected chi connectivity index (χ4v) is 4.70. The maximum Gasteiger partial charge on any atom is 0.411 e. The first-order valence-corrected chi connectivity index (χ1v) is 11.1. The van der Waals surface area contributed by atoms with Crippen molar-refractivity contribution in [2.45, 2.75) is 25.7 Å². The standard InChI is InChI=1S/C22H27N3O6S/c1-29-10-11-31-22(28)24-15-7-5-6-14(12-15)23-13-18(26)25-20-19(21(27)30-2)16-8-3-4-9-17(16)32-20/h5-7,12,23H,3-4,8-11,13H2,1-2H3,(H,24,28)(H,25,26). The summed E-state index contributed by atoms with van der Waals surface area (Å²) in [5, 5.41) is 9.01. The summed E-state index contributed by atoms with van der Waals surface area (Å²) in [6, 6.07) is 6.92. The number of methoxy groups -OCH3 is 2. The molecule has 172 valence electrons. The van der Waals surface area contributed by atoms with Crippen LogP contribution in [0.15, 0.2) is 24.3 Å². The molecule has 0 fully saturated rings. The van der Waals surface area contributed by atoms with E-state index in [1.54, 1.807) is 24.3 Å². The zero-order valence-corrected chi connectivity index (χ0v) is 18.9. The minimum Gasteiger partial charge on any atom is -0.465 e. The number of hydrogen-bond donors (Lipinski definition) is 3. The quantitative estimate of drug-likeness (QED) is 0.386. The van der Waals surface area contributed by atoms with Gasteiger partial charge in [-0.1, -0.05) is 6.07 Å². The summed E-state index contributed by atoms with van der Waals surface area (Å²) >= 11 is 1.44. The van der Waals surface area contributed by atoms with Crippen LogP contribution in [0.3, 0.4) is 0 Å². The molecule has 0 saturated heterocycles. The van der Waals surface area contributed by atoms with Gasteiger partial charge in [-0.15, -0.1) is 11.3 Å². The van der Waals surface area contributed by atoms with Crippen molar-refractivity contribution in [2.24, 2.45) is 0 Å². The molecule has 0 aliphatic heterocycles. The molecule has 1 aliphatic carbocycles. The molecule has 1 aliphatic rings. The molecular formula is C22H27N3O6S. The predicted octanol–water partition coefficient (Wildman–Crippen LogP) is 3.66. The largest absolute Gasteiger partial charge is 0.465 e. The third kappa shape index (κ3) is 6.21. The molecule has 10 heteroatoms. The number of thiophene rings is 1. The van der Waals surface area contributed by atoms with E-state index >= 15 is 0 Å². The molecule has 0 radical (unpaired) electrons. The van der Waals surface area contributed by atoms with Gasteiger partial charge in [-0.3, -0.25) is 10.1 Å². The summed E-state index contributed by atoms with van der Waals surface area (Å²) < 4.78 is 14.7. The summed E-state index contributed by atoms with van der Waals surface area (Å²) in [5.41, 5.74) is 2.64. The van der Waals surface area contributed by atoms with Gasteiger partial charge >= 0.3 is 12.1 Å².